The predicted octanol–water partition coefficient (Wildman–Crippen LogP) is 2.97. The molecule has 0 saturated heterocycles. The second-order valence-corrected chi connectivity index (χ2v) is 4.40. The summed E-state index contributed by atoms with van der Waals surface area (Å²) in [6.45, 7) is 1.89. The zero-order valence-electron chi connectivity index (χ0n) is 8.27. The molecule has 0 unspecified atom stereocenters. The third kappa shape index (κ3) is 2.06. The molecule has 1 heterocycles. The Balaban J connectivity index is 2.42. The number of thiazole rings is 1. The van der Waals surface area contributed by atoms with E-state index in [2.05, 4.69) is 4.98 Å². The van der Waals surface area contributed by atoms with Gasteiger partial charge < -0.3 is 5.73 Å². The number of hydrogen-bond donors (Lipinski definition) is 1. The highest BCUT2D eigenvalue weighted by Gasteiger charge is 2.10. The Labute approximate surface area is 91.6 Å². The van der Waals surface area contributed by atoms with Gasteiger partial charge in [-0.05, 0) is 19.1 Å². The summed E-state index contributed by atoms with van der Waals surface area (Å²) in [5.74, 6) is -0.247. The first-order chi connectivity index (χ1) is 7.18. The summed E-state index contributed by atoms with van der Waals surface area (Å²) >= 11 is 1.43. The zero-order valence-corrected chi connectivity index (χ0v) is 9.09. The second kappa shape index (κ2) is 4.08. The molecule has 78 valence electrons. The maximum absolute atomic E-state index is 13.4. The fourth-order valence-corrected chi connectivity index (χ4v) is 2.15. The van der Waals surface area contributed by atoms with Gasteiger partial charge in [-0.15, -0.1) is 11.3 Å². The standard InChI is InChI=1S/C11H11FN2S/c1-7(13)10-6-14-11(15-10)8-4-2-3-5-9(8)12/h2-7H,13H2,1H3/t7-/m1/s1. The van der Waals surface area contributed by atoms with E-state index in [1.165, 1.54) is 17.4 Å². The first kappa shape index (κ1) is 10.3. The van der Waals surface area contributed by atoms with Crippen molar-refractivity contribution in [2.75, 3.05) is 0 Å². The molecule has 1 aromatic heterocycles. The van der Waals surface area contributed by atoms with Crippen molar-refractivity contribution in [3.63, 3.8) is 0 Å². The molecule has 0 fully saturated rings. The lowest BCUT2D eigenvalue weighted by Crippen LogP contribution is -2.01. The van der Waals surface area contributed by atoms with Gasteiger partial charge in [-0.2, -0.15) is 0 Å². The summed E-state index contributed by atoms with van der Waals surface area (Å²) in [6, 6.07) is 6.56. The van der Waals surface area contributed by atoms with Gasteiger partial charge in [0, 0.05) is 22.7 Å². The molecule has 2 rings (SSSR count). The SMILES string of the molecule is C[C@@H](N)c1cnc(-c2ccccc2F)s1. The Hall–Kier alpha value is -1.26. The molecule has 0 spiro atoms. The maximum atomic E-state index is 13.4. The second-order valence-electron chi connectivity index (χ2n) is 3.34. The Morgan fingerprint density at radius 1 is 1.40 bits per heavy atom. The molecule has 4 heteroatoms. The van der Waals surface area contributed by atoms with Crippen LogP contribution in [0, 0.1) is 5.82 Å². The molecule has 0 aliphatic heterocycles. The van der Waals surface area contributed by atoms with Crippen molar-refractivity contribution in [1.29, 1.82) is 0 Å². The van der Waals surface area contributed by atoms with Gasteiger partial charge in [0.1, 0.15) is 10.8 Å². The summed E-state index contributed by atoms with van der Waals surface area (Å²) in [6.07, 6.45) is 1.71. The van der Waals surface area contributed by atoms with Crippen molar-refractivity contribution < 1.29 is 4.39 Å². The van der Waals surface area contributed by atoms with Crippen LogP contribution in [0.3, 0.4) is 0 Å². The molecule has 0 aliphatic carbocycles. The van der Waals surface area contributed by atoms with Crippen LogP contribution >= 0.6 is 11.3 Å². The van der Waals surface area contributed by atoms with E-state index in [4.69, 9.17) is 5.73 Å². The molecule has 2 N–H and O–H groups in total. The van der Waals surface area contributed by atoms with Crippen LogP contribution in [0.25, 0.3) is 10.6 Å². The van der Waals surface area contributed by atoms with E-state index in [1.807, 2.05) is 6.92 Å². The van der Waals surface area contributed by atoms with Gasteiger partial charge in [-0.1, -0.05) is 12.1 Å². The molecule has 0 radical (unpaired) electrons. The molecule has 0 bridgehead atoms. The molecule has 1 atom stereocenters. The van der Waals surface area contributed by atoms with Gasteiger partial charge in [0.2, 0.25) is 0 Å². The van der Waals surface area contributed by atoms with Gasteiger partial charge in [-0.25, -0.2) is 9.37 Å². The number of halogens is 1. The third-order valence-corrected chi connectivity index (χ3v) is 3.31. The number of hydrogen-bond acceptors (Lipinski definition) is 3. The maximum Gasteiger partial charge on any atom is 0.133 e. The summed E-state index contributed by atoms with van der Waals surface area (Å²) < 4.78 is 13.4. The Morgan fingerprint density at radius 2 is 2.13 bits per heavy atom. The molecule has 1 aromatic carbocycles. The molecule has 0 saturated carbocycles. The van der Waals surface area contributed by atoms with Crippen LogP contribution in [0.1, 0.15) is 17.8 Å². The zero-order chi connectivity index (χ0) is 10.8. The van der Waals surface area contributed by atoms with Crippen molar-refractivity contribution in [2.24, 2.45) is 5.73 Å². The average molecular weight is 222 g/mol. The number of rotatable bonds is 2. The van der Waals surface area contributed by atoms with Crippen LogP contribution in [0.4, 0.5) is 4.39 Å². The minimum Gasteiger partial charge on any atom is -0.323 e. The van der Waals surface area contributed by atoms with Gasteiger partial charge in [-0.3, -0.25) is 0 Å². The quantitative estimate of drug-likeness (QED) is 0.848. The first-order valence-electron chi connectivity index (χ1n) is 4.64. The fourth-order valence-electron chi connectivity index (χ4n) is 1.26. The highest BCUT2D eigenvalue weighted by Crippen LogP contribution is 2.29. The van der Waals surface area contributed by atoms with E-state index < -0.39 is 0 Å². The third-order valence-electron chi connectivity index (χ3n) is 2.08. The van der Waals surface area contributed by atoms with E-state index in [-0.39, 0.29) is 11.9 Å². The Morgan fingerprint density at radius 3 is 2.73 bits per heavy atom. The fraction of sp³-hybridized carbons (Fsp3) is 0.182. The number of nitrogens with zero attached hydrogens (tertiary/aromatic N) is 1. The van der Waals surface area contributed by atoms with E-state index in [0.717, 1.165) is 4.88 Å². The van der Waals surface area contributed by atoms with Crippen molar-refractivity contribution in [1.82, 2.24) is 4.98 Å². The molecule has 2 nitrogen and oxygen atoms in total. The number of aromatic nitrogens is 1. The topological polar surface area (TPSA) is 38.9 Å². The first-order valence-corrected chi connectivity index (χ1v) is 5.46. The highest BCUT2D eigenvalue weighted by atomic mass is 32.1. The molecule has 0 aliphatic rings. The predicted molar refractivity (Wildman–Crippen MR) is 60.1 cm³/mol. The van der Waals surface area contributed by atoms with Crippen molar-refractivity contribution in [2.45, 2.75) is 13.0 Å². The van der Waals surface area contributed by atoms with E-state index in [1.54, 1.807) is 24.4 Å². The molecular weight excluding hydrogens is 211 g/mol. The van der Waals surface area contributed by atoms with Crippen molar-refractivity contribution in [3.8, 4) is 10.6 Å². The van der Waals surface area contributed by atoms with Crippen LogP contribution in [0.2, 0.25) is 0 Å². The molecule has 2 aromatic rings. The van der Waals surface area contributed by atoms with E-state index in [0.29, 0.717) is 10.6 Å². The Kier molecular flexibility index (Phi) is 2.79. The largest absolute Gasteiger partial charge is 0.323 e. The van der Waals surface area contributed by atoms with Gasteiger partial charge >= 0.3 is 0 Å². The van der Waals surface area contributed by atoms with E-state index in [9.17, 15) is 4.39 Å². The summed E-state index contributed by atoms with van der Waals surface area (Å²) in [4.78, 5) is 5.13. The lowest BCUT2D eigenvalue weighted by Gasteiger charge is -1.98. The monoisotopic (exact) mass is 222 g/mol. The van der Waals surface area contributed by atoms with Crippen LogP contribution in [-0.2, 0) is 0 Å². The lowest BCUT2D eigenvalue weighted by atomic mass is 10.2. The number of nitrogens with two attached hydrogens (primary N) is 1. The molecular formula is C11H11FN2S. The van der Waals surface area contributed by atoms with Gasteiger partial charge in [0.15, 0.2) is 0 Å². The molecule has 0 amide bonds. The number of benzene rings is 1. The highest BCUT2D eigenvalue weighted by molar-refractivity contribution is 7.15. The summed E-state index contributed by atoms with van der Waals surface area (Å²) in [7, 11) is 0. The smallest absolute Gasteiger partial charge is 0.133 e. The lowest BCUT2D eigenvalue weighted by molar-refractivity contribution is 0.631. The summed E-state index contributed by atoms with van der Waals surface area (Å²) in [5.41, 5.74) is 6.26. The van der Waals surface area contributed by atoms with Crippen LogP contribution in [0.5, 0.6) is 0 Å². The average Bonchev–Trinajstić information content (AvgIpc) is 2.67. The van der Waals surface area contributed by atoms with Gasteiger partial charge in [0.25, 0.3) is 0 Å². The van der Waals surface area contributed by atoms with Crippen LogP contribution in [-0.4, -0.2) is 4.98 Å². The summed E-state index contributed by atoms with van der Waals surface area (Å²) in [5, 5.41) is 0.681. The minimum atomic E-state index is -0.247. The van der Waals surface area contributed by atoms with E-state index >= 15 is 0 Å². The minimum absolute atomic E-state index is 0.0528. The molecule has 15 heavy (non-hydrogen) atoms. The Bertz CT molecular complexity index is 465. The normalized spacial score (nSPS) is 12.7. The van der Waals surface area contributed by atoms with Crippen molar-refractivity contribution >= 4 is 11.3 Å². The van der Waals surface area contributed by atoms with Gasteiger partial charge in [0.05, 0.1) is 0 Å². The van der Waals surface area contributed by atoms with Crippen molar-refractivity contribution in [3.05, 3.63) is 41.2 Å². The van der Waals surface area contributed by atoms with Crippen LogP contribution in [0.15, 0.2) is 30.5 Å². The van der Waals surface area contributed by atoms with Crippen LogP contribution < -0.4 is 5.73 Å².